The van der Waals surface area contributed by atoms with Gasteiger partial charge in [0.1, 0.15) is 0 Å². The number of amides is 1. The van der Waals surface area contributed by atoms with Gasteiger partial charge in [-0.15, -0.1) is 0 Å². The molecule has 0 spiro atoms. The predicted molar refractivity (Wildman–Crippen MR) is 101 cm³/mol. The molecule has 1 amide bonds. The Morgan fingerprint density at radius 2 is 1.84 bits per heavy atom. The maximum absolute atomic E-state index is 12.2. The van der Waals surface area contributed by atoms with Gasteiger partial charge in [0.2, 0.25) is 5.91 Å². The van der Waals surface area contributed by atoms with Crippen molar-refractivity contribution in [3.05, 3.63) is 58.1 Å². The van der Waals surface area contributed by atoms with Crippen LogP contribution in [0, 0.1) is 13.8 Å². The van der Waals surface area contributed by atoms with Crippen LogP contribution in [0.2, 0.25) is 5.02 Å². The van der Waals surface area contributed by atoms with Gasteiger partial charge in [-0.3, -0.25) is 4.79 Å². The smallest absolute Gasteiger partial charge is 0.248 e. The largest absolute Gasteiger partial charge is 0.490 e. The van der Waals surface area contributed by atoms with Gasteiger partial charge in [-0.05, 0) is 31.1 Å². The minimum Gasteiger partial charge on any atom is -0.490 e. The predicted octanol–water partition coefficient (Wildman–Crippen LogP) is 4.77. The molecule has 4 nitrogen and oxygen atoms in total. The summed E-state index contributed by atoms with van der Waals surface area (Å²) in [6, 6.07) is 9.47. The van der Waals surface area contributed by atoms with E-state index in [1.807, 2.05) is 26.0 Å². The second-order valence-electron chi connectivity index (χ2n) is 6.01. The van der Waals surface area contributed by atoms with Crippen LogP contribution in [0.4, 0.5) is 5.69 Å². The first-order valence-electron chi connectivity index (χ1n) is 8.18. The van der Waals surface area contributed by atoms with Gasteiger partial charge in [-0.25, -0.2) is 0 Å². The average Bonchev–Trinajstić information content (AvgIpc) is 2.79. The topological polar surface area (TPSA) is 47.6 Å². The van der Waals surface area contributed by atoms with Gasteiger partial charge >= 0.3 is 0 Å². The average molecular weight is 358 g/mol. The van der Waals surface area contributed by atoms with Crippen molar-refractivity contribution in [1.82, 2.24) is 0 Å². The fourth-order valence-corrected chi connectivity index (χ4v) is 2.83. The summed E-state index contributed by atoms with van der Waals surface area (Å²) in [5, 5.41) is 3.20. The van der Waals surface area contributed by atoms with E-state index in [0.29, 0.717) is 35.4 Å². The highest BCUT2D eigenvalue weighted by atomic mass is 35.5. The molecule has 2 aromatic rings. The maximum Gasteiger partial charge on any atom is 0.248 e. The number of carbonyl (C=O) groups excluding carboxylic acids is 1. The van der Waals surface area contributed by atoms with Gasteiger partial charge in [-0.1, -0.05) is 35.4 Å². The number of halogens is 1. The standard InChI is InChI=1S/C20H20ClNO3/c1-13-4-5-15(14(2)10-13)6-7-20(23)22-17-12-19-18(11-16(17)21)24-8-3-9-25-19/h4-7,10-12H,3,8-9H2,1-2H3,(H,22,23)/b7-6+. The maximum atomic E-state index is 12.2. The van der Waals surface area contributed by atoms with E-state index in [2.05, 4.69) is 11.4 Å². The van der Waals surface area contributed by atoms with Crippen LogP contribution < -0.4 is 14.8 Å². The summed E-state index contributed by atoms with van der Waals surface area (Å²) in [5.41, 5.74) is 3.82. The van der Waals surface area contributed by atoms with Crippen molar-refractivity contribution in [2.24, 2.45) is 0 Å². The van der Waals surface area contributed by atoms with Crippen molar-refractivity contribution in [3.63, 3.8) is 0 Å². The highest BCUT2D eigenvalue weighted by molar-refractivity contribution is 6.34. The molecule has 0 fully saturated rings. The number of hydrogen-bond donors (Lipinski definition) is 1. The molecule has 2 aromatic carbocycles. The number of carbonyl (C=O) groups is 1. The quantitative estimate of drug-likeness (QED) is 0.805. The molecule has 0 radical (unpaired) electrons. The number of fused-ring (bicyclic) bond motifs is 1. The minimum atomic E-state index is -0.253. The van der Waals surface area contributed by atoms with Crippen LogP contribution in [0.5, 0.6) is 11.5 Å². The van der Waals surface area contributed by atoms with Crippen molar-refractivity contribution in [3.8, 4) is 11.5 Å². The zero-order valence-electron chi connectivity index (χ0n) is 14.3. The SMILES string of the molecule is Cc1ccc(/C=C/C(=O)Nc2cc3c(cc2Cl)OCCCO3)c(C)c1. The van der Waals surface area contributed by atoms with Crippen LogP contribution in [0.3, 0.4) is 0 Å². The van der Waals surface area contributed by atoms with Gasteiger partial charge < -0.3 is 14.8 Å². The summed E-state index contributed by atoms with van der Waals surface area (Å²) in [7, 11) is 0. The highest BCUT2D eigenvalue weighted by Gasteiger charge is 2.15. The van der Waals surface area contributed by atoms with Gasteiger partial charge in [0.15, 0.2) is 11.5 Å². The molecule has 5 heteroatoms. The van der Waals surface area contributed by atoms with Crippen LogP contribution in [0.15, 0.2) is 36.4 Å². The van der Waals surface area contributed by atoms with E-state index in [4.69, 9.17) is 21.1 Å². The van der Waals surface area contributed by atoms with E-state index < -0.39 is 0 Å². The van der Waals surface area contributed by atoms with Crippen LogP contribution in [0.1, 0.15) is 23.1 Å². The molecular formula is C20H20ClNO3. The first-order valence-corrected chi connectivity index (χ1v) is 8.56. The highest BCUT2D eigenvalue weighted by Crippen LogP contribution is 2.37. The number of nitrogens with one attached hydrogen (secondary N) is 1. The molecule has 1 heterocycles. The molecule has 0 bridgehead atoms. The Morgan fingerprint density at radius 3 is 2.56 bits per heavy atom. The minimum absolute atomic E-state index is 0.253. The van der Waals surface area contributed by atoms with E-state index in [1.54, 1.807) is 18.2 Å². The molecule has 25 heavy (non-hydrogen) atoms. The molecule has 1 aliphatic heterocycles. The van der Waals surface area contributed by atoms with Crippen LogP contribution in [-0.2, 0) is 4.79 Å². The lowest BCUT2D eigenvalue weighted by Gasteiger charge is -2.11. The van der Waals surface area contributed by atoms with Crippen molar-refractivity contribution in [1.29, 1.82) is 0 Å². The molecule has 0 aliphatic carbocycles. The molecule has 3 rings (SSSR count). The number of benzene rings is 2. The van der Waals surface area contributed by atoms with Gasteiger partial charge in [0, 0.05) is 24.6 Å². The van der Waals surface area contributed by atoms with Crippen LogP contribution >= 0.6 is 11.6 Å². The third kappa shape index (κ3) is 4.34. The zero-order chi connectivity index (χ0) is 17.8. The van der Waals surface area contributed by atoms with E-state index in [0.717, 1.165) is 17.5 Å². The summed E-state index contributed by atoms with van der Waals surface area (Å²) in [5.74, 6) is 0.943. The first kappa shape index (κ1) is 17.4. The fourth-order valence-electron chi connectivity index (χ4n) is 2.63. The number of ether oxygens (including phenoxy) is 2. The number of hydrogen-bond acceptors (Lipinski definition) is 3. The Balaban J connectivity index is 1.74. The Morgan fingerprint density at radius 1 is 1.12 bits per heavy atom. The Hall–Kier alpha value is -2.46. The Kier molecular flexibility index (Phi) is 5.29. The van der Waals surface area contributed by atoms with Crippen LogP contribution in [-0.4, -0.2) is 19.1 Å². The van der Waals surface area contributed by atoms with Crippen molar-refractivity contribution >= 4 is 29.3 Å². The normalized spacial score (nSPS) is 13.6. The van der Waals surface area contributed by atoms with Gasteiger partial charge in [0.25, 0.3) is 0 Å². The molecule has 0 saturated heterocycles. The van der Waals surface area contributed by atoms with Gasteiger partial charge in [0.05, 0.1) is 23.9 Å². The molecule has 1 aliphatic rings. The summed E-state index contributed by atoms with van der Waals surface area (Å²) in [6.07, 6.45) is 4.10. The zero-order valence-corrected chi connectivity index (χ0v) is 15.0. The summed E-state index contributed by atoms with van der Waals surface area (Å²) in [4.78, 5) is 12.2. The third-order valence-corrected chi connectivity index (χ3v) is 4.25. The van der Waals surface area contributed by atoms with Crippen molar-refractivity contribution in [2.45, 2.75) is 20.3 Å². The second-order valence-corrected chi connectivity index (χ2v) is 6.42. The Labute approximate surface area is 152 Å². The number of anilines is 1. The molecule has 1 N–H and O–H groups in total. The monoisotopic (exact) mass is 357 g/mol. The van der Waals surface area contributed by atoms with Crippen molar-refractivity contribution in [2.75, 3.05) is 18.5 Å². The van der Waals surface area contributed by atoms with E-state index in [9.17, 15) is 4.79 Å². The van der Waals surface area contributed by atoms with Gasteiger partial charge in [-0.2, -0.15) is 0 Å². The molecule has 130 valence electrons. The lowest BCUT2D eigenvalue weighted by atomic mass is 10.1. The second kappa shape index (κ2) is 7.62. The van der Waals surface area contributed by atoms with Crippen LogP contribution in [0.25, 0.3) is 6.08 Å². The first-order chi connectivity index (χ1) is 12.0. The number of rotatable bonds is 3. The lowest BCUT2D eigenvalue weighted by molar-refractivity contribution is -0.111. The molecule has 0 saturated carbocycles. The molecular weight excluding hydrogens is 338 g/mol. The fraction of sp³-hybridized carbons (Fsp3) is 0.250. The summed E-state index contributed by atoms with van der Waals surface area (Å²) in [6.45, 7) is 5.23. The number of aryl methyl sites for hydroxylation is 2. The Bertz CT molecular complexity index is 830. The summed E-state index contributed by atoms with van der Waals surface area (Å²) < 4.78 is 11.2. The van der Waals surface area contributed by atoms with E-state index in [-0.39, 0.29) is 5.91 Å². The third-order valence-electron chi connectivity index (χ3n) is 3.93. The molecule has 0 aromatic heterocycles. The van der Waals surface area contributed by atoms with Crippen molar-refractivity contribution < 1.29 is 14.3 Å². The van der Waals surface area contributed by atoms with E-state index in [1.165, 1.54) is 11.6 Å². The summed E-state index contributed by atoms with van der Waals surface area (Å²) >= 11 is 6.24. The van der Waals surface area contributed by atoms with E-state index >= 15 is 0 Å². The molecule has 0 unspecified atom stereocenters. The lowest BCUT2D eigenvalue weighted by Crippen LogP contribution is -2.08. The molecule has 0 atom stereocenters.